The van der Waals surface area contributed by atoms with Gasteiger partial charge in [-0.2, -0.15) is 0 Å². The highest BCUT2D eigenvalue weighted by Gasteiger charge is 2.20. The standard InChI is InChI=1S/C19H8Br2O5/c20-11-3-1-9-5-13(18(23)25-15(9)7-11)17(22)14-6-10-2-4-12(21)8-16(10)26-19(14)24/h1-8H. The number of carbonyl (C=O) groups is 1. The van der Waals surface area contributed by atoms with E-state index in [0.29, 0.717) is 21.9 Å². The Morgan fingerprint density at radius 2 is 1.12 bits per heavy atom. The molecule has 128 valence electrons. The summed E-state index contributed by atoms with van der Waals surface area (Å²) in [7, 11) is 0. The number of fused-ring (bicyclic) bond motifs is 2. The van der Waals surface area contributed by atoms with Crippen LogP contribution in [0.2, 0.25) is 0 Å². The molecule has 4 rings (SSSR count). The maximum absolute atomic E-state index is 12.8. The Labute approximate surface area is 162 Å². The fraction of sp³-hybridized carbons (Fsp3) is 0. The molecule has 0 amide bonds. The van der Waals surface area contributed by atoms with Crippen molar-refractivity contribution < 1.29 is 13.6 Å². The number of hydrogen-bond donors (Lipinski definition) is 0. The molecule has 2 aromatic heterocycles. The van der Waals surface area contributed by atoms with Crippen molar-refractivity contribution in [1.29, 1.82) is 0 Å². The summed E-state index contributed by atoms with van der Waals surface area (Å²) in [6, 6.07) is 13.0. The zero-order chi connectivity index (χ0) is 18.4. The van der Waals surface area contributed by atoms with Crippen LogP contribution in [0.5, 0.6) is 0 Å². The molecule has 0 aliphatic carbocycles. The Kier molecular flexibility index (Phi) is 4.13. The quantitative estimate of drug-likeness (QED) is 0.311. The molecule has 0 aliphatic rings. The van der Waals surface area contributed by atoms with Gasteiger partial charge in [-0.1, -0.05) is 44.0 Å². The van der Waals surface area contributed by atoms with Crippen molar-refractivity contribution in [2.45, 2.75) is 0 Å². The van der Waals surface area contributed by atoms with Gasteiger partial charge in [0.05, 0.1) is 0 Å². The molecule has 5 nitrogen and oxygen atoms in total. The van der Waals surface area contributed by atoms with Gasteiger partial charge >= 0.3 is 11.3 Å². The van der Waals surface area contributed by atoms with E-state index in [4.69, 9.17) is 8.83 Å². The van der Waals surface area contributed by atoms with Crippen LogP contribution in [-0.2, 0) is 0 Å². The predicted molar refractivity (Wildman–Crippen MR) is 104 cm³/mol. The van der Waals surface area contributed by atoms with Gasteiger partial charge in [0.2, 0.25) is 5.78 Å². The average Bonchev–Trinajstić information content (AvgIpc) is 2.59. The molecule has 0 atom stereocenters. The normalized spacial score (nSPS) is 11.2. The van der Waals surface area contributed by atoms with Crippen LogP contribution < -0.4 is 11.3 Å². The Balaban J connectivity index is 1.90. The minimum Gasteiger partial charge on any atom is -0.422 e. The van der Waals surface area contributed by atoms with Crippen LogP contribution >= 0.6 is 31.9 Å². The summed E-state index contributed by atoms with van der Waals surface area (Å²) in [4.78, 5) is 37.2. The van der Waals surface area contributed by atoms with Crippen molar-refractivity contribution in [1.82, 2.24) is 0 Å². The van der Waals surface area contributed by atoms with Crippen molar-refractivity contribution in [3.63, 3.8) is 0 Å². The van der Waals surface area contributed by atoms with Crippen molar-refractivity contribution in [2.75, 3.05) is 0 Å². The SMILES string of the molecule is O=C(c1cc2ccc(Br)cc2oc1=O)c1cc2ccc(Br)cc2oc1=O. The molecule has 0 aliphatic heterocycles. The molecule has 0 saturated carbocycles. The first kappa shape index (κ1) is 16.9. The minimum atomic E-state index is -0.809. The Morgan fingerprint density at radius 3 is 1.54 bits per heavy atom. The fourth-order valence-electron chi connectivity index (χ4n) is 2.63. The average molecular weight is 476 g/mol. The lowest BCUT2D eigenvalue weighted by Crippen LogP contribution is -2.20. The Hall–Kier alpha value is -2.51. The molecule has 2 aromatic carbocycles. The molecule has 7 heteroatoms. The van der Waals surface area contributed by atoms with E-state index >= 15 is 0 Å². The van der Waals surface area contributed by atoms with Gasteiger partial charge in [-0.3, -0.25) is 4.79 Å². The first-order chi connectivity index (χ1) is 12.4. The lowest BCUT2D eigenvalue weighted by molar-refractivity contribution is 0.103. The lowest BCUT2D eigenvalue weighted by atomic mass is 10.0. The summed E-state index contributed by atoms with van der Waals surface area (Å²) >= 11 is 6.59. The molecule has 0 fully saturated rings. The summed E-state index contributed by atoms with van der Waals surface area (Å²) in [6.45, 7) is 0. The van der Waals surface area contributed by atoms with Crippen LogP contribution in [0.25, 0.3) is 21.9 Å². The Bertz CT molecular complexity index is 1220. The number of benzene rings is 2. The first-order valence-electron chi connectivity index (χ1n) is 7.44. The van der Waals surface area contributed by atoms with E-state index < -0.39 is 17.0 Å². The van der Waals surface area contributed by atoms with Crippen LogP contribution in [0.4, 0.5) is 0 Å². The van der Waals surface area contributed by atoms with Gasteiger partial charge in [0.15, 0.2) is 0 Å². The third-order valence-electron chi connectivity index (χ3n) is 3.89. The third kappa shape index (κ3) is 2.93. The highest BCUT2D eigenvalue weighted by atomic mass is 79.9. The highest BCUT2D eigenvalue weighted by Crippen LogP contribution is 2.22. The monoisotopic (exact) mass is 474 g/mol. The predicted octanol–water partition coefficient (Wildman–Crippen LogP) is 4.66. The van der Waals surface area contributed by atoms with E-state index in [1.54, 1.807) is 36.4 Å². The van der Waals surface area contributed by atoms with E-state index in [2.05, 4.69) is 31.9 Å². The van der Waals surface area contributed by atoms with Crippen LogP contribution in [0.1, 0.15) is 15.9 Å². The molecule has 0 spiro atoms. The van der Waals surface area contributed by atoms with Gasteiger partial charge in [0.25, 0.3) is 0 Å². The van der Waals surface area contributed by atoms with Crippen molar-refractivity contribution in [3.8, 4) is 0 Å². The van der Waals surface area contributed by atoms with Crippen molar-refractivity contribution in [2.24, 2.45) is 0 Å². The lowest BCUT2D eigenvalue weighted by Gasteiger charge is -2.03. The maximum atomic E-state index is 12.8. The van der Waals surface area contributed by atoms with Gasteiger partial charge in [0, 0.05) is 19.7 Å². The maximum Gasteiger partial charge on any atom is 0.347 e. The van der Waals surface area contributed by atoms with E-state index in [1.807, 2.05) is 0 Å². The second-order valence-corrected chi connectivity index (χ2v) is 7.42. The Morgan fingerprint density at radius 1 is 0.692 bits per heavy atom. The number of carbonyl (C=O) groups excluding carboxylic acids is 1. The summed E-state index contributed by atoms with van der Waals surface area (Å²) in [5.41, 5.74) is -1.37. The molecular weight excluding hydrogens is 468 g/mol. The van der Waals surface area contributed by atoms with E-state index in [-0.39, 0.29) is 11.1 Å². The third-order valence-corrected chi connectivity index (χ3v) is 4.87. The first-order valence-corrected chi connectivity index (χ1v) is 9.02. The summed E-state index contributed by atoms with van der Waals surface area (Å²) in [5, 5.41) is 1.15. The zero-order valence-electron chi connectivity index (χ0n) is 12.9. The number of rotatable bonds is 2. The summed E-state index contributed by atoms with van der Waals surface area (Å²) in [5.74, 6) is -0.734. The smallest absolute Gasteiger partial charge is 0.347 e. The van der Waals surface area contributed by atoms with Gasteiger partial charge in [-0.05, 0) is 36.4 Å². The molecule has 0 saturated heterocycles. The zero-order valence-corrected chi connectivity index (χ0v) is 16.1. The number of hydrogen-bond acceptors (Lipinski definition) is 5. The van der Waals surface area contributed by atoms with E-state index in [9.17, 15) is 14.4 Å². The van der Waals surface area contributed by atoms with Gasteiger partial charge in [-0.25, -0.2) is 9.59 Å². The highest BCUT2D eigenvalue weighted by molar-refractivity contribution is 9.10. The molecule has 0 N–H and O–H groups in total. The molecule has 2 heterocycles. The number of ketones is 1. The second-order valence-electron chi connectivity index (χ2n) is 5.59. The van der Waals surface area contributed by atoms with Crippen molar-refractivity contribution >= 4 is 59.6 Å². The van der Waals surface area contributed by atoms with Gasteiger partial charge < -0.3 is 8.83 Å². The molecule has 0 bridgehead atoms. The van der Waals surface area contributed by atoms with Crippen LogP contribution in [0.3, 0.4) is 0 Å². The van der Waals surface area contributed by atoms with Crippen molar-refractivity contribution in [3.05, 3.63) is 89.4 Å². The minimum absolute atomic E-state index is 0.219. The van der Waals surface area contributed by atoms with Gasteiger partial charge in [0.1, 0.15) is 22.3 Å². The molecule has 0 radical (unpaired) electrons. The molecular formula is C19H8Br2O5. The van der Waals surface area contributed by atoms with Gasteiger partial charge in [-0.15, -0.1) is 0 Å². The largest absolute Gasteiger partial charge is 0.422 e. The van der Waals surface area contributed by atoms with Crippen LogP contribution in [0.15, 0.2) is 75.9 Å². The summed E-state index contributed by atoms with van der Waals surface area (Å²) < 4.78 is 11.9. The topological polar surface area (TPSA) is 77.5 Å². The fourth-order valence-corrected chi connectivity index (χ4v) is 3.31. The van der Waals surface area contributed by atoms with Crippen LogP contribution in [-0.4, -0.2) is 5.78 Å². The molecule has 4 aromatic rings. The molecule has 26 heavy (non-hydrogen) atoms. The second kappa shape index (κ2) is 6.34. The number of halogens is 2. The van der Waals surface area contributed by atoms with E-state index in [1.165, 1.54) is 12.1 Å². The van der Waals surface area contributed by atoms with E-state index in [0.717, 1.165) is 8.95 Å². The van der Waals surface area contributed by atoms with Crippen LogP contribution in [0, 0.1) is 0 Å². The molecule has 0 unspecified atom stereocenters. The summed E-state index contributed by atoms with van der Waals surface area (Å²) in [6.07, 6.45) is 0.